The summed E-state index contributed by atoms with van der Waals surface area (Å²) >= 11 is 0. The van der Waals surface area contributed by atoms with Gasteiger partial charge in [-0.05, 0) is 37.5 Å². The summed E-state index contributed by atoms with van der Waals surface area (Å²) in [6.07, 6.45) is 5.59. The highest BCUT2D eigenvalue weighted by atomic mass is 16.4. The van der Waals surface area contributed by atoms with Gasteiger partial charge in [0.15, 0.2) is 0 Å². The standard InChI is InChI=1S/C14H25NO2/c1-3-14(4-2,13(16)17)10-15-8-11-6-5-7-12(11)9-15/h11-12H,3-10H2,1-2H3,(H,16,17). The molecule has 2 fully saturated rings. The third kappa shape index (κ3) is 2.35. The van der Waals surface area contributed by atoms with Crippen LogP contribution in [0.25, 0.3) is 0 Å². The molecule has 1 heterocycles. The van der Waals surface area contributed by atoms with Crippen LogP contribution in [0.2, 0.25) is 0 Å². The molecule has 1 saturated carbocycles. The first kappa shape index (κ1) is 12.9. The second-order valence-electron chi connectivity index (χ2n) is 5.94. The molecule has 1 aliphatic carbocycles. The Bertz CT molecular complexity index is 274. The van der Waals surface area contributed by atoms with E-state index in [1.165, 1.54) is 19.3 Å². The Labute approximate surface area is 104 Å². The number of carboxylic acids is 1. The summed E-state index contributed by atoms with van der Waals surface area (Å²) in [5.74, 6) is 1.10. The summed E-state index contributed by atoms with van der Waals surface area (Å²) in [6.45, 7) is 7.05. The number of carboxylic acid groups (broad SMARTS) is 1. The van der Waals surface area contributed by atoms with Crippen molar-refractivity contribution in [2.24, 2.45) is 17.3 Å². The Morgan fingerprint density at radius 2 is 1.76 bits per heavy atom. The molecule has 0 bridgehead atoms. The maximum absolute atomic E-state index is 11.5. The fraction of sp³-hybridized carbons (Fsp3) is 0.929. The first-order valence-corrected chi connectivity index (χ1v) is 7.07. The SMILES string of the molecule is CCC(CC)(CN1CC2CCCC2C1)C(=O)O. The molecule has 3 heteroatoms. The van der Waals surface area contributed by atoms with Crippen molar-refractivity contribution >= 4 is 5.97 Å². The Kier molecular flexibility index (Phi) is 3.76. The molecular weight excluding hydrogens is 214 g/mol. The molecule has 0 spiro atoms. The van der Waals surface area contributed by atoms with Crippen LogP contribution in [0.3, 0.4) is 0 Å². The lowest BCUT2D eigenvalue weighted by molar-refractivity contribution is -0.150. The van der Waals surface area contributed by atoms with E-state index in [-0.39, 0.29) is 0 Å². The van der Waals surface area contributed by atoms with Gasteiger partial charge in [-0.15, -0.1) is 0 Å². The minimum Gasteiger partial charge on any atom is -0.481 e. The number of fused-ring (bicyclic) bond motifs is 1. The molecule has 0 amide bonds. The van der Waals surface area contributed by atoms with Crippen LogP contribution in [0.1, 0.15) is 46.0 Å². The molecule has 2 rings (SSSR count). The lowest BCUT2D eigenvalue weighted by atomic mass is 9.82. The van der Waals surface area contributed by atoms with Gasteiger partial charge in [0, 0.05) is 19.6 Å². The number of carbonyl (C=O) groups is 1. The molecule has 98 valence electrons. The fourth-order valence-corrected chi connectivity index (χ4v) is 3.73. The van der Waals surface area contributed by atoms with Gasteiger partial charge in [0.1, 0.15) is 0 Å². The van der Waals surface area contributed by atoms with Crippen molar-refractivity contribution in [3.05, 3.63) is 0 Å². The van der Waals surface area contributed by atoms with Gasteiger partial charge in [-0.2, -0.15) is 0 Å². The fourth-order valence-electron chi connectivity index (χ4n) is 3.73. The van der Waals surface area contributed by atoms with Crippen LogP contribution in [0.4, 0.5) is 0 Å². The highest BCUT2D eigenvalue weighted by Crippen LogP contribution is 2.39. The smallest absolute Gasteiger partial charge is 0.310 e. The zero-order valence-electron chi connectivity index (χ0n) is 11.1. The number of hydrogen-bond donors (Lipinski definition) is 1. The number of hydrogen-bond acceptors (Lipinski definition) is 2. The lowest BCUT2D eigenvalue weighted by Crippen LogP contribution is -2.42. The molecule has 1 aliphatic heterocycles. The lowest BCUT2D eigenvalue weighted by Gasteiger charge is -2.32. The average molecular weight is 239 g/mol. The Hall–Kier alpha value is -0.570. The van der Waals surface area contributed by atoms with Crippen molar-refractivity contribution in [2.75, 3.05) is 19.6 Å². The highest BCUT2D eigenvalue weighted by molar-refractivity contribution is 5.74. The zero-order valence-corrected chi connectivity index (χ0v) is 11.1. The second-order valence-corrected chi connectivity index (χ2v) is 5.94. The van der Waals surface area contributed by atoms with Gasteiger partial charge in [-0.3, -0.25) is 4.79 Å². The molecule has 0 aromatic heterocycles. The summed E-state index contributed by atoms with van der Waals surface area (Å²) in [4.78, 5) is 13.9. The van der Waals surface area contributed by atoms with Crippen molar-refractivity contribution in [1.29, 1.82) is 0 Å². The van der Waals surface area contributed by atoms with Crippen LogP contribution in [0, 0.1) is 17.3 Å². The second kappa shape index (κ2) is 4.97. The summed E-state index contributed by atoms with van der Waals surface area (Å²) in [5.41, 5.74) is -0.515. The monoisotopic (exact) mass is 239 g/mol. The van der Waals surface area contributed by atoms with E-state index < -0.39 is 11.4 Å². The summed E-state index contributed by atoms with van der Waals surface area (Å²) in [6, 6.07) is 0. The molecule has 17 heavy (non-hydrogen) atoms. The maximum atomic E-state index is 11.5. The van der Waals surface area contributed by atoms with E-state index >= 15 is 0 Å². The third-order valence-electron chi connectivity index (χ3n) is 5.14. The highest BCUT2D eigenvalue weighted by Gasteiger charge is 2.42. The van der Waals surface area contributed by atoms with Crippen molar-refractivity contribution in [3.8, 4) is 0 Å². The van der Waals surface area contributed by atoms with Crippen LogP contribution < -0.4 is 0 Å². The van der Waals surface area contributed by atoms with Crippen molar-refractivity contribution in [2.45, 2.75) is 46.0 Å². The van der Waals surface area contributed by atoms with Gasteiger partial charge in [-0.25, -0.2) is 0 Å². The summed E-state index contributed by atoms with van der Waals surface area (Å²) in [5, 5.41) is 9.46. The largest absolute Gasteiger partial charge is 0.481 e. The van der Waals surface area contributed by atoms with E-state index in [2.05, 4.69) is 4.90 Å². The number of likely N-dealkylation sites (tertiary alicyclic amines) is 1. The summed E-state index contributed by atoms with van der Waals surface area (Å²) in [7, 11) is 0. The molecular formula is C14H25NO2. The molecule has 2 unspecified atom stereocenters. The van der Waals surface area contributed by atoms with Gasteiger partial charge in [0.05, 0.1) is 5.41 Å². The molecule has 0 radical (unpaired) electrons. The maximum Gasteiger partial charge on any atom is 0.310 e. The summed E-state index contributed by atoms with van der Waals surface area (Å²) < 4.78 is 0. The number of rotatable bonds is 5. The van der Waals surface area contributed by atoms with Gasteiger partial charge < -0.3 is 10.0 Å². The topological polar surface area (TPSA) is 40.5 Å². The van der Waals surface area contributed by atoms with Gasteiger partial charge in [0.2, 0.25) is 0 Å². The molecule has 0 aromatic carbocycles. The Morgan fingerprint density at radius 1 is 1.24 bits per heavy atom. The number of nitrogens with zero attached hydrogens (tertiary/aromatic N) is 1. The van der Waals surface area contributed by atoms with Gasteiger partial charge >= 0.3 is 5.97 Å². The van der Waals surface area contributed by atoms with Crippen molar-refractivity contribution < 1.29 is 9.90 Å². The molecule has 2 aliphatic rings. The normalized spacial score (nSPS) is 29.5. The van der Waals surface area contributed by atoms with Crippen LogP contribution >= 0.6 is 0 Å². The Morgan fingerprint density at radius 3 is 2.18 bits per heavy atom. The van der Waals surface area contributed by atoms with E-state index in [0.717, 1.165) is 44.3 Å². The predicted molar refractivity (Wildman–Crippen MR) is 67.9 cm³/mol. The van der Waals surface area contributed by atoms with Crippen LogP contribution in [0.5, 0.6) is 0 Å². The van der Waals surface area contributed by atoms with Crippen LogP contribution in [-0.2, 0) is 4.79 Å². The van der Waals surface area contributed by atoms with Crippen molar-refractivity contribution in [3.63, 3.8) is 0 Å². The first-order valence-electron chi connectivity index (χ1n) is 7.07. The predicted octanol–water partition coefficient (Wildman–Crippen LogP) is 2.61. The van der Waals surface area contributed by atoms with Gasteiger partial charge in [0.25, 0.3) is 0 Å². The van der Waals surface area contributed by atoms with Crippen LogP contribution in [-0.4, -0.2) is 35.6 Å². The van der Waals surface area contributed by atoms with Crippen molar-refractivity contribution in [1.82, 2.24) is 4.90 Å². The zero-order chi connectivity index (χ0) is 12.5. The van der Waals surface area contributed by atoms with Crippen LogP contribution in [0.15, 0.2) is 0 Å². The molecule has 0 aromatic rings. The van der Waals surface area contributed by atoms with E-state index in [1.807, 2.05) is 13.8 Å². The third-order valence-corrected chi connectivity index (χ3v) is 5.14. The van der Waals surface area contributed by atoms with Gasteiger partial charge in [-0.1, -0.05) is 20.3 Å². The first-order chi connectivity index (χ1) is 8.11. The number of aliphatic carboxylic acids is 1. The molecule has 3 nitrogen and oxygen atoms in total. The molecule has 1 N–H and O–H groups in total. The Balaban J connectivity index is 1.98. The minimum atomic E-state index is -0.612. The van der Waals surface area contributed by atoms with E-state index in [4.69, 9.17) is 0 Å². The van der Waals surface area contributed by atoms with E-state index in [1.54, 1.807) is 0 Å². The molecule has 1 saturated heterocycles. The van der Waals surface area contributed by atoms with E-state index in [9.17, 15) is 9.90 Å². The van der Waals surface area contributed by atoms with E-state index in [0.29, 0.717) is 0 Å². The minimum absolute atomic E-state index is 0.515. The quantitative estimate of drug-likeness (QED) is 0.801. The molecule has 2 atom stereocenters. The average Bonchev–Trinajstić information content (AvgIpc) is 2.85.